The average molecular weight is 312 g/mol. The van der Waals surface area contributed by atoms with Crippen LogP contribution in [0.2, 0.25) is 0 Å². The Labute approximate surface area is 125 Å². The molecule has 116 valence electrons. The zero-order valence-corrected chi connectivity index (χ0v) is 13.3. The van der Waals surface area contributed by atoms with Crippen molar-refractivity contribution in [2.24, 2.45) is 11.8 Å². The lowest BCUT2D eigenvalue weighted by Crippen LogP contribution is -2.42. The summed E-state index contributed by atoms with van der Waals surface area (Å²) < 4.78 is 27.0. The standard InChI is InChI=1S/C14H20N2O4S/c1-10-6-11(2)9-15(8-10)21(19,20)14-7-13(16(17)18)5-4-12(14)3/h4-5,7,10-11H,6,8-9H2,1-3H3. The van der Waals surface area contributed by atoms with Gasteiger partial charge in [0.15, 0.2) is 0 Å². The normalized spacial score (nSPS) is 24.0. The zero-order chi connectivity index (χ0) is 15.8. The van der Waals surface area contributed by atoms with Crippen LogP contribution in [0, 0.1) is 28.9 Å². The number of sulfonamides is 1. The van der Waals surface area contributed by atoms with Gasteiger partial charge < -0.3 is 0 Å². The second kappa shape index (κ2) is 5.73. The molecule has 6 nitrogen and oxygen atoms in total. The minimum absolute atomic E-state index is 0.0398. The number of piperidine rings is 1. The Morgan fingerprint density at radius 3 is 2.33 bits per heavy atom. The van der Waals surface area contributed by atoms with Crippen molar-refractivity contribution in [2.45, 2.75) is 32.1 Å². The first-order chi connectivity index (χ1) is 9.71. The molecule has 0 N–H and O–H groups in total. The maximum absolute atomic E-state index is 12.8. The van der Waals surface area contributed by atoms with Gasteiger partial charge in [-0.15, -0.1) is 0 Å². The van der Waals surface area contributed by atoms with E-state index in [1.165, 1.54) is 16.4 Å². The third kappa shape index (κ3) is 3.24. The first-order valence-electron chi connectivity index (χ1n) is 6.97. The highest BCUT2D eigenvalue weighted by molar-refractivity contribution is 7.89. The van der Waals surface area contributed by atoms with Gasteiger partial charge in [0.05, 0.1) is 9.82 Å². The number of nitro benzene ring substituents is 1. The molecule has 1 heterocycles. The van der Waals surface area contributed by atoms with E-state index < -0.39 is 14.9 Å². The Kier molecular flexibility index (Phi) is 4.34. The molecule has 2 unspecified atom stereocenters. The average Bonchev–Trinajstić information content (AvgIpc) is 2.37. The largest absolute Gasteiger partial charge is 0.270 e. The summed E-state index contributed by atoms with van der Waals surface area (Å²) in [5, 5.41) is 10.9. The summed E-state index contributed by atoms with van der Waals surface area (Å²) in [4.78, 5) is 10.3. The molecule has 1 aromatic carbocycles. The van der Waals surface area contributed by atoms with Crippen LogP contribution in [0.3, 0.4) is 0 Å². The highest BCUT2D eigenvalue weighted by Crippen LogP contribution is 2.29. The van der Waals surface area contributed by atoms with Gasteiger partial charge in [0.2, 0.25) is 10.0 Å². The Hall–Kier alpha value is -1.47. The summed E-state index contributed by atoms with van der Waals surface area (Å²) >= 11 is 0. The fourth-order valence-corrected chi connectivity index (χ4v) is 4.85. The van der Waals surface area contributed by atoms with Gasteiger partial charge in [-0.2, -0.15) is 4.31 Å². The van der Waals surface area contributed by atoms with Crippen LogP contribution in [-0.2, 0) is 10.0 Å². The minimum Gasteiger partial charge on any atom is -0.258 e. The van der Waals surface area contributed by atoms with E-state index in [4.69, 9.17) is 0 Å². The van der Waals surface area contributed by atoms with Crippen LogP contribution >= 0.6 is 0 Å². The SMILES string of the molecule is Cc1ccc([N+](=O)[O-])cc1S(=O)(=O)N1CC(C)CC(C)C1. The van der Waals surface area contributed by atoms with Crippen LogP contribution in [0.4, 0.5) is 5.69 Å². The Morgan fingerprint density at radius 2 is 1.81 bits per heavy atom. The predicted octanol–water partition coefficient (Wildman–Crippen LogP) is 2.57. The van der Waals surface area contributed by atoms with Crippen molar-refractivity contribution >= 4 is 15.7 Å². The number of hydrogen-bond donors (Lipinski definition) is 0. The number of non-ortho nitro benzene ring substituents is 1. The van der Waals surface area contributed by atoms with E-state index in [2.05, 4.69) is 0 Å². The highest BCUT2D eigenvalue weighted by atomic mass is 32.2. The van der Waals surface area contributed by atoms with Crippen molar-refractivity contribution in [3.63, 3.8) is 0 Å². The fraction of sp³-hybridized carbons (Fsp3) is 0.571. The lowest BCUT2D eigenvalue weighted by atomic mass is 9.94. The molecule has 0 aromatic heterocycles. The van der Waals surface area contributed by atoms with Crippen LogP contribution in [-0.4, -0.2) is 30.7 Å². The second-order valence-electron chi connectivity index (χ2n) is 5.97. The van der Waals surface area contributed by atoms with E-state index in [1.54, 1.807) is 6.92 Å². The van der Waals surface area contributed by atoms with Gasteiger partial charge in [-0.3, -0.25) is 10.1 Å². The molecular formula is C14H20N2O4S. The molecule has 7 heteroatoms. The Morgan fingerprint density at radius 1 is 1.24 bits per heavy atom. The van der Waals surface area contributed by atoms with E-state index in [1.807, 2.05) is 13.8 Å². The molecule has 1 aliphatic heterocycles. The third-order valence-electron chi connectivity index (χ3n) is 3.84. The topological polar surface area (TPSA) is 80.5 Å². The molecule has 0 bridgehead atoms. The molecule has 1 saturated heterocycles. The minimum atomic E-state index is -3.69. The maximum Gasteiger partial charge on any atom is 0.270 e. The molecule has 0 spiro atoms. The number of hydrogen-bond acceptors (Lipinski definition) is 4. The highest BCUT2D eigenvalue weighted by Gasteiger charge is 2.33. The van der Waals surface area contributed by atoms with E-state index in [-0.39, 0.29) is 10.6 Å². The fourth-order valence-electron chi connectivity index (χ4n) is 2.92. The van der Waals surface area contributed by atoms with Gasteiger partial charge in [-0.1, -0.05) is 19.9 Å². The smallest absolute Gasteiger partial charge is 0.258 e. The van der Waals surface area contributed by atoms with Crippen LogP contribution in [0.5, 0.6) is 0 Å². The molecule has 1 fully saturated rings. The van der Waals surface area contributed by atoms with Crippen LogP contribution in [0.25, 0.3) is 0 Å². The number of rotatable bonds is 3. The predicted molar refractivity (Wildman–Crippen MR) is 79.5 cm³/mol. The van der Waals surface area contributed by atoms with Crippen LogP contribution < -0.4 is 0 Å². The molecular weight excluding hydrogens is 292 g/mol. The van der Waals surface area contributed by atoms with Crippen molar-refractivity contribution < 1.29 is 13.3 Å². The van der Waals surface area contributed by atoms with E-state index in [0.29, 0.717) is 30.5 Å². The van der Waals surface area contributed by atoms with Crippen molar-refractivity contribution in [3.8, 4) is 0 Å². The number of nitro groups is 1. The van der Waals surface area contributed by atoms with Gasteiger partial charge in [0.1, 0.15) is 0 Å². The van der Waals surface area contributed by atoms with Crippen molar-refractivity contribution in [1.29, 1.82) is 0 Å². The number of benzene rings is 1. The molecule has 21 heavy (non-hydrogen) atoms. The number of nitrogens with zero attached hydrogens (tertiary/aromatic N) is 2. The summed E-state index contributed by atoms with van der Waals surface area (Å²) in [6, 6.07) is 3.98. The lowest BCUT2D eigenvalue weighted by Gasteiger charge is -2.34. The summed E-state index contributed by atoms with van der Waals surface area (Å²) in [5.41, 5.74) is 0.337. The van der Waals surface area contributed by atoms with E-state index in [0.717, 1.165) is 12.5 Å². The van der Waals surface area contributed by atoms with Gasteiger partial charge in [0.25, 0.3) is 5.69 Å². The molecule has 1 aromatic rings. The number of aryl methyl sites for hydroxylation is 1. The first kappa shape index (κ1) is 15.9. The molecule has 1 aliphatic rings. The van der Waals surface area contributed by atoms with E-state index in [9.17, 15) is 18.5 Å². The Balaban J connectivity index is 2.44. The van der Waals surface area contributed by atoms with Crippen LogP contribution in [0.1, 0.15) is 25.8 Å². The second-order valence-corrected chi connectivity index (χ2v) is 7.88. The first-order valence-corrected chi connectivity index (χ1v) is 8.41. The van der Waals surface area contributed by atoms with E-state index >= 15 is 0 Å². The summed E-state index contributed by atoms with van der Waals surface area (Å²) in [5.74, 6) is 0.588. The third-order valence-corrected chi connectivity index (χ3v) is 5.81. The quantitative estimate of drug-likeness (QED) is 0.634. The van der Waals surface area contributed by atoms with Crippen molar-refractivity contribution in [2.75, 3.05) is 13.1 Å². The molecule has 2 atom stereocenters. The van der Waals surface area contributed by atoms with Gasteiger partial charge in [-0.25, -0.2) is 8.42 Å². The van der Waals surface area contributed by atoms with Crippen molar-refractivity contribution in [1.82, 2.24) is 4.31 Å². The monoisotopic (exact) mass is 312 g/mol. The Bertz CT molecular complexity index is 647. The summed E-state index contributed by atoms with van der Waals surface area (Å²) in [6.07, 6.45) is 1.000. The molecule has 0 radical (unpaired) electrons. The van der Waals surface area contributed by atoms with Gasteiger partial charge >= 0.3 is 0 Å². The van der Waals surface area contributed by atoms with Crippen LogP contribution in [0.15, 0.2) is 23.1 Å². The maximum atomic E-state index is 12.8. The lowest BCUT2D eigenvalue weighted by molar-refractivity contribution is -0.385. The van der Waals surface area contributed by atoms with Gasteiger partial charge in [0, 0.05) is 25.2 Å². The molecule has 0 aliphatic carbocycles. The summed E-state index contributed by atoms with van der Waals surface area (Å²) in [7, 11) is -3.69. The summed E-state index contributed by atoms with van der Waals surface area (Å²) in [6.45, 7) is 6.65. The van der Waals surface area contributed by atoms with Crippen molar-refractivity contribution in [3.05, 3.63) is 33.9 Å². The molecule has 2 rings (SSSR count). The zero-order valence-electron chi connectivity index (χ0n) is 12.4. The molecule has 0 amide bonds. The molecule has 0 saturated carbocycles. The van der Waals surface area contributed by atoms with Gasteiger partial charge in [-0.05, 0) is 30.7 Å².